The molecular formula is C19H22ClN3. The Morgan fingerprint density at radius 2 is 1.26 bits per heavy atom. The van der Waals surface area contributed by atoms with E-state index in [4.69, 9.17) is 11.6 Å². The van der Waals surface area contributed by atoms with Gasteiger partial charge in [0, 0.05) is 10.8 Å². The second kappa shape index (κ2) is 5.72. The highest BCUT2D eigenvalue weighted by Gasteiger charge is 2.40. The molecule has 0 bridgehead atoms. The molecule has 0 radical (unpaired) electrons. The molecule has 2 aliphatic carbocycles. The maximum absolute atomic E-state index is 6.80. The fourth-order valence-electron chi connectivity index (χ4n) is 3.27. The van der Waals surface area contributed by atoms with Gasteiger partial charge in [-0.3, -0.25) is 0 Å². The van der Waals surface area contributed by atoms with Crippen molar-refractivity contribution in [3.05, 3.63) is 65.0 Å². The van der Waals surface area contributed by atoms with E-state index in [1.54, 1.807) is 0 Å². The largest absolute Gasteiger partial charge is 0.133 e. The quantitative estimate of drug-likeness (QED) is 0.799. The Bertz CT molecular complexity index is 676. The van der Waals surface area contributed by atoms with Gasteiger partial charge >= 0.3 is 0 Å². The Labute approximate surface area is 142 Å². The standard InChI is InChI=1S/C19H22ClN3/c1-13-9-5-7-11-18(13,3)16-15(20)17(22-23-21-16)19(4)12-8-6-10-14(19)2/h5-14H,1-4H3. The average Bonchev–Trinajstić information content (AvgIpc) is 2.53. The number of rotatable bonds is 2. The second-order valence-corrected chi connectivity index (χ2v) is 7.31. The lowest BCUT2D eigenvalue weighted by Crippen LogP contribution is -2.34. The molecule has 0 saturated heterocycles. The number of allylic oxidation sites excluding steroid dienone is 8. The van der Waals surface area contributed by atoms with Crippen molar-refractivity contribution in [3.63, 3.8) is 0 Å². The average molecular weight is 328 g/mol. The van der Waals surface area contributed by atoms with Gasteiger partial charge in [-0.05, 0) is 30.9 Å². The minimum atomic E-state index is -0.273. The molecular weight excluding hydrogens is 306 g/mol. The Morgan fingerprint density at radius 3 is 1.65 bits per heavy atom. The first kappa shape index (κ1) is 16.1. The smallest absolute Gasteiger partial charge is 0.0956 e. The van der Waals surface area contributed by atoms with Gasteiger partial charge in [0.05, 0.1) is 16.4 Å². The molecule has 0 saturated carbocycles. The minimum absolute atomic E-state index is 0.273. The fraction of sp³-hybridized carbons (Fsp3) is 0.421. The van der Waals surface area contributed by atoms with Crippen LogP contribution in [0.3, 0.4) is 0 Å². The predicted octanol–water partition coefficient (Wildman–Crippen LogP) is 4.56. The molecule has 3 nitrogen and oxygen atoms in total. The Morgan fingerprint density at radius 1 is 0.826 bits per heavy atom. The lowest BCUT2D eigenvalue weighted by atomic mass is 9.70. The zero-order valence-electron chi connectivity index (χ0n) is 14.0. The van der Waals surface area contributed by atoms with E-state index in [9.17, 15) is 0 Å². The molecule has 4 heteroatoms. The summed E-state index contributed by atoms with van der Waals surface area (Å²) < 4.78 is 0. The van der Waals surface area contributed by atoms with Crippen LogP contribution in [-0.4, -0.2) is 15.4 Å². The highest BCUT2D eigenvalue weighted by Crippen LogP contribution is 2.44. The topological polar surface area (TPSA) is 38.7 Å². The van der Waals surface area contributed by atoms with Crippen LogP contribution in [0.2, 0.25) is 5.02 Å². The Balaban J connectivity index is 2.13. The maximum Gasteiger partial charge on any atom is 0.0956 e. The third kappa shape index (κ3) is 2.47. The third-order valence-electron chi connectivity index (χ3n) is 5.52. The summed E-state index contributed by atoms with van der Waals surface area (Å²) in [5.41, 5.74) is 1.05. The summed E-state index contributed by atoms with van der Waals surface area (Å²) in [5.74, 6) is 0.586. The number of nitrogens with zero attached hydrogens (tertiary/aromatic N) is 3. The van der Waals surface area contributed by atoms with Crippen LogP contribution in [-0.2, 0) is 10.8 Å². The van der Waals surface area contributed by atoms with Crippen molar-refractivity contribution in [2.24, 2.45) is 11.8 Å². The van der Waals surface area contributed by atoms with E-state index < -0.39 is 0 Å². The summed E-state index contributed by atoms with van der Waals surface area (Å²) >= 11 is 6.80. The molecule has 2 aliphatic rings. The first-order chi connectivity index (χ1) is 10.9. The lowest BCUT2D eigenvalue weighted by molar-refractivity contribution is 0.414. The van der Waals surface area contributed by atoms with Gasteiger partial charge in [0.25, 0.3) is 0 Å². The number of hydrogen-bond acceptors (Lipinski definition) is 3. The molecule has 0 spiro atoms. The van der Waals surface area contributed by atoms with E-state index >= 15 is 0 Å². The zero-order valence-corrected chi connectivity index (χ0v) is 14.7. The van der Waals surface area contributed by atoms with Gasteiger partial charge in [0.2, 0.25) is 0 Å². The molecule has 1 aromatic rings. The van der Waals surface area contributed by atoms with E-state index in [0.717, 1.165) is 11.4 Å². The molecule has 0 N–H and O–H groups in total. The van der Waals surface area contributed by atoms with Crippen LogP contribution in [0.5, 0.6) is 0 Å². The van der Waals surface area contributed by atoms with E-state index in [0.29, 0.717) is 16.9 Å². The van der Waals surface area contributed by atoms with Crippen molar-refractivity contribution in [1.82, 2.24) is 15.4 Å². The fourth-order valence-corrected chi connectivity index (χ4v) is 3.75. The van der Waals surface area contributed by atoms with Crippen LogP contribution in [0.1, 0.15) is 39.1 Å². The van der Waals surface area contributed by atoms with Gasteiger partial charge in [-0.15, -0.1) is 10.2 Å². The zero-order chi connectivity index (χ0) is 16.7. The predicted molar refractivity (Wildman–Crippen MR) is 94.4 cm³/mol. The van der Waals surface area contributed by atoms with Gasteiger partial charge in [-0.2, -0.15) is 0 Å². The summed E-state index contributed by atoms with van der Waals surface area (Å²) in [7, 11) is 0. The summed E-state index contributed by atoms with van der Waals surface area (Å²) in [4.78, 5) is 0. The third-order valence-corrected chi connectivity index (χ3v) is 5.88. The molecule has 0 fully saturated rings. The number of aromatic nitrogens is 3. The molecule has 1 heterocycles. The van der Waals surface area contributed by atoms with Gasteiger partial charge in [-0.1, -0.05) is 74.1 Å². The van der Waals surface area contributed by atoms with Crippen molar-refractivity contribution in [3.8, 4) is 0 Å². The first-order valence-electron chi connectivity index (χ1n) is 8.01. The lowest BCUT2D eigenvalue weighted by Gasteiger charge is -2.36. The molecule has 4 atom stereocenters. The Kier molecular flexibility index (Phi) is 4.01. The molecule has 23 heavy (non-hydrogen) atoms. The van der Waals surface area contributed by atoms with E-state index in [-0.39, 0.29) is 10.8 Å². The Hall–Kier alpha value is -1.74. The van der Waals surface area contributed by atoms with Gasteiger partial charge in [0.15, 0.2) is 0 Å². The molecule has 1 aromatic heterocycles. The van der Waals surface area contributed by atoms with Crippen LogP contribution in [0, 0.1) is 11.8 Å². The van der Waals surface area contributed by atoms with Crippen LogP contribution in [0.25, 0.3) is 0 Å². The van der Waals surface area contributed by atoms with Gasteiger partial charge in [0.1, 0.15) is 0 Å². The van der Waals surface area contributed by atoms with Crippen LogP contribution in [0.4, 0.5) is 0 Å². The van der Waals surface area contributed by atoms with Gasteiger partial charge in [-0.25, -0.2) is 0 Å². The van der Waals surface area contributed by atoms with Crippen molar-refractivity contribution in [2.75, 3.05) is 0 Å². The summed E-state index contributed by atoms with van der Waals surface area (Å²) in [6.07, 6.45) is 16.9. The van der Waals surface area contributed by atoms with Gasteiger partial charge < -0.3 is 0 Å². The summed E-state index contributed by atoms with van der Waals surface area (Å²) in [5, 5.41) is 13.3. The van der Waals surface area contributed by atoms with Crippen molar-refractivity contribution in [1.29, 1.82) is 0 Å². The van der Waals surface area contributed by atoms with E-state index in [2.05, 4.69) is 79.6 Å². The van der Waals surface area contributed by atoms with Crippen molar-refractivity contribution < 1.29 is 0 Å². The molecule has 0 aliphatic heterocycles. The summed E-state index contributed by atoms with van der Waals surface area (Å²) in [6.45, 7) is 8.65. The number of halogens is 1. The monoisotopic (exact) mass is 327 g/mol. The SMILES string of the molecule is CC1C=CC=CC1(C)c1nnnc(C2(C)C=CC=CC2C)c1Cl. The summed E-state index contributed by atoms with van der Waals surface area (Å²) in [6, 6.07) is 0. The molecule has 0 amide bonds. The normalized spacial score (nSPS) is 35.7. The second-order valence-electron chi connectivity index (χ2n) is 6.93. The molecule has 3 rings (SSSR count). The van der Waals surface area contributed by atoms with Crippen LogP contribution in [0.15, 0.2) is 48.6 Å². The van der Waals surface area contributed by atoms with Crippen LogP contribution >= 0.6 is 11.6 Å². The molecule has 4 unspecified atom stereocenters. The van der Waals surface area contributed by atoms with E-state index in [1.807, 2.05) is 12.2 Å². The highest BCUT2D eigenvalue weighted by molar-refractivity contribution is 6.32. The van der Waals surface area contributed by atoms with Crippen molar-refractivity contribution in [2.45, 2.75) is 38.5 Å². The van der Waals surface area contributed by atoms with E-state index in [1.165, 1.54) is 0 Å². The highest BCUT2D eigenvalue weighted by atomic mass is 35.5. The maximum atomic E-state index is 6.80. The molecule has 120 valence electrons. The molecule has 0 aromatic carbocycles. The first-order valence-corrected chi connectivity index (χ1v) is 8.39. The number of hydrogen-bond donors (Lipinski definition) is 0. The van der Waals surface area contributed by atoms with Crippen molar-refractivity contribution >= 4 is 11.6 Å². The van der Waals surface area contributed by atoms with Crippen LogP contribution < -0.4 is 0 Å². The minimum Gasteiger partial charge on any atom is -0.133 e.